The Kier molecular flexibility index (Phi) is 5.32. The third-order valence-corrected chi connectivity index (χ3v) is 4.80. The number of nitrogens with one attached hydrogen (secondary N) is 1. The molecule has 4 rings (SSSR count). The number of likely N-dealkylation sites (tertiary alicyclic amines) is 1. The van der Waals surface area contributed by atoms with Gasteiger partial charge in [-0.3, -0.25) is 9.59 Å². The fraction of sp³-hybridized carbons (Fsp3) is 0.368. The van der Waals surface area contributed by atoms with Gasteiger partial charge < -0.3 is 14.7 Å². The number of nitrogens with zero attached hydrogens (tertiary/aromatic N) is 6. The molecule has 0 spiro atoms. The van der Waals surface area contributed by atoms with E-state index in [4.69, 9.17) is 4.52 Å². The maximum absolute atomic E-state index is 12.3. The number of aromatic nitrogens is 5. The maximum atomic E-state index is 12.3. The molecule has 1 aliphatic heterocycles. The van der Waals surface area contributed by atoms with E-state index in [1.54, 1.807) is 15.8 Å². The fourth-order valence-corrected chi connectivity index (χ4v) is 3.29. The zero-order chi connectivity index (χ0) is 20.2. The van der Waals surface area contributed by atoms with Crippen molar-refractivity contribution in [2.24, 2.45) is 0 Å². The fourth-order valence-electron chi connectivity index (χ4n) is 3.29. The Bertz CT molecular complexity index is 998. The molecule has 0 bridgehead atoms. The molecule has 1 aliphatic rings. The summed E-state index contributed by atoms with van der Waals surface area (Å²) in [4.78, 5) is 29.4. The Morgan fingerprint density at radius 3 is 2.90 bits per heavy atom. The van der Waals surface area contributed by atoms with Crippen LogP contribution in [0.1, 0.15) is 25.8 Å². The van der Waals surface area contributed by atoms with Crippen LogP contribution in [0.15, 0.2) is 41.1 Å². The molecule has 1 atom stereocenters. The van der Waals surface area contributed by atoms with Crippen molar-refractivity contribution < 1.29 is 14.1 Å². The lowest BCUT2D eigenvalue weighted by atomic mass is 10.1. The Morgan fingerprint density at radius 2 is 2.10 bits per heavy atom. The second kappa shape index (κ2) is 8.21. The van der Waals surface area contributed by atoms with Crippen LogP contribution in [0.3, 0.4) is 0 Å². The minimum atomic E-state index is -0.220. The number of amides is 2. The van der Waals surface area contributed by atoms with Crippen LogP contribution in [0.25, 0.3) is 23.0 Å². The van der Waals surface area contributed by atoms with Gasteiger partial charge in [-0.05, 0) is 12.8 Å². The van der Waals surface area contributed by atoms with Gasteiger partial charge in [0.05, 0.1) is 18.8 Å². The highest BCUT2D eigenvalue weighted by Gasteiger charge is 2.26. The highest BCUT2D eigenvalue weighted by molar-refractivity contribution is 5.83. The molecule has 1 N–H and O–H groups in total. The van der Waals surface area contributed by atoms with Crippen LogP contribution in [0.2, 0.25) is 0 Å². The second-order valence-corrected chi connectivity index (χ2v) is 6.92. The van der Waals surface area contributed by atoms with Gasteiger partial charge in [0.25, 0.3) is 5.89 Å². The van der Waals surface area contributed by atoms with Crippen molar-refractivity contribution in [1.29, 1.82) is 0 Å². The van der Waals surface area contributed by atoms with Gasteiger partial charge >= 0.3 is 0 Å². The van der Waals surface area contributed by atoms with Gasteiger partial charge in [0.1, 0.15) is 0 Å². The van der Waals surface area contributed by atoms with Gasteiger partial charge in [-0.2, -0.15) is 4.98 Å². The molecule has 1 aromatic carbocycles. The number of hydrogen-bond donors (Lipinski definition) is 1. The minimum absolute atomic E-state index is 0.00259. The first kappa shape index (κ1) is 18.8. The van der Waals surface area contributed by atoms with E-state index in [2.05, 4.69) is 25.8 Å². The molecule has 3 aromatic rings. The molecular weight excluding hydrogens is 374 g/mol. The molecule has 1 fully saturated rings. The average Bonchev–Trinajstić information content (AvgIpc) is 3.42. The first-order valence-corrected chi connectivity index (χ1v) is 9.43. The topological polar surface area (TPSA) is 119 Å². The van der Waals surface area contributed by atoms with E-state index in [0.29, 0.717) is 30.5 Å². The highest BCUT2D eigenvalue weighted by Crippen LogP contribution is 2.24. The second-order valence-electron chi connectivity index (χ2n) is 6.92. The quantitative estimate of drug-likeness (QED) is 0.691. The van der Waals surface area contributed by atoms with E-state index in [0.717, 1.165) is 18.4 Å². The number of benzene rings is 1. The predicted molar refractivity (Wildman–Crippen MR) is 102 cm³/mol. The maximum Gasteiger partial charge on any atom is 0.280 e. The third-order valence-electron chi connectivity index (χ3n) is 4.80. The lowest BCUT2D eigenvalue weighted by Crippen LogP contribution is -2.45. The summed E-state index contributed by atoms with van der Waals surface area (Å²) < 4.78 is 7.07. The summed E-state index contributed by atoms with van der Waals surface area (Å²) in [5.74, 6) is 0.462. The van der Waals surface area contributed by atoms with Crippen LogP contribution in [-0.4, -0.2) is 61.5 Å². The number of piperidine rings is 1. The van der Waals surface area contributed by atoms with Gasteiger partial charge in [0, 0.05) is 25.6 Å². The molecule has 0 unspecified atom stereocenters. The van der Waals surface area contributed by atoms with E-state index in [-0.39, 0.29) is 24.4 Å². The number of carbonyl (C=O) groups is 2. The van der Waals surface area contributed by atoms with Gasteiger partial charge in [-0.1, -0.05) is 40.7 Å². The molecule has 0 radical (unpaired) electrons. The average molecular weight is 395 g/mol. The summed E-state index contributed by atoms with van der Waals surface area (Å²) in [6, 6.07) is 9.54. The largest absolute Gasteiger partial charge is 0.347 e. The highest BCUT2D eigenvalue weighted by atomic mass is 16.5. The van der Waals surface area contributed by atoms with E-state index in [9.17, 15) is 9.59 Å². The van der Waals surface area contributed by atoms with Crippen molar-refractivity contribution in [3.63, 3.8) is 0 Å². The van der Waals surface area contributed by atoms with Gasteiger partial charge in [0.15, 0.2) is 5.69 Å². The number of rotatable bonds is 5. The first-order chi connectivity index (χ1) is 14.1. The first-order valence-electron chi connectivity index (χ1n) is 9.43. The smallest absolute Gasteiger partial charge is 0.280 e. The molecule has 2 amide bonds. The molecule has 1 saturated heterocycles. The Morgan fingerprint density at radius 1 is 1.28 bits per heavy atom. The summed E-state index contributed by atoms with van der Waals surface area (Å²) in [5.41, 5.74) is 1.34. The Labute approximate surface area is 166 Å². The minimum Gasteiger partial charge on any atom is -0.347 e. The van der Waals surface area contributed by atoms with Crippen molar-refractivity contribution in [2.75, 3.05) is 19.6 Å². The van der Waals surface area contributed by atoms with Gasteiger partial charge in [-0.25, -0.2) is 4.68 Å². The van der Waals surface area contributed by atoms with E-state index in [1.807, 2.05) is 30.3 Å². The summed E-state index contributed by atoms with van der Waals surface area (Å²) in [6.45, 7) is 2.58. The zero-order valence-electron chi connectivity index (χ0n) is 16.0. The molecule has 10 heteroatoms. The third kappa shape index (κ3) is 4.31. The molecule has 2 aromatic heterocycles. The molecular formula is C19H21N7O3. The molecule has 3 heterocycles. The lowest BCUT2D eigenvalue weighted by molar-refractivity contribution is -0.133. The van der Waals surface area contributed by atoms with Crippen LogP contribution in [0, 0.1) is 0 Å². The van der Waals surface area contributed by atoms with Crippen molar-refractivity contribution in [2.45, 2.75) is 25.8 Å². The van der Waals surface area contributed by atoms with Crippen molar-refractivity contribution in [3.05, 3.63) is 36.5 Å². The van der Waals surface area contributed by atoms with Crippen LogP contribution < -0.4 is 5.32 Å². The van der Waals surface area contributed by atoms with Crippen molar-refractivity contribution in [3.8, 4) is 23.0 Å². The summed E-state index contributed by atoms with van der Waals surface area (Å²) in [5, 5.41) is 14.9. The standard InChI is InChI=1S/C19H21N7O3/c1-13(27)20-10-17(28)25-9-5-8-15(11-25)26-12-16(22-24-26)19-21-18(23-29-19)14-6-3-2-4-7-14/h2-4,6-7,12,15H,5,8-11H2,1H3,(H,20,27)/t15-/m0/s1. The Hall–Kier alpha value is -3.56. The summed E-state index contributed by atoms with van der Waals surface area (Å²) in [6.07, 6.45) is 3.49. The van der Waals surface area contributed by atoms with Gasteiger partial charge in [0.2, 0.25) is 17.6 Å². The molecule has 150 valence electrons. The number of carbonyl (C=O) groups excluding carboxylic acids is 2. The number of hydrogen-bond acceptors (Lipinski definition) is 7. The van der Waals surface area contributed by atoms with E-state index in [1.165, 1.54) is 6.92 Å². The van der Waals surface area contributed by atoms with Crippen LogP contribution in [0.4, 0.5) is 0 Å². The zero-order valence-corrected chi connectivity index (χ0v) is 16.0. The van der Waals surface area contributed by atoms with Gasteiger partial charge in [-0.15, -0.1) is 5.10 Å². The predicted octanol–water partition coefficient (Wildman–Crippen LogP) is 1.29. The molecule has 0 aliphatic carbocycles. The molecule has 0 saturated carbocycles. The van der Waals surface area contributed by atoms with Crippen LogP contribution in [0.5, 0.6) is 0 Å². The Balaban J connectivity index is 1.44. The van der Waals surface area contributed by atoms with Crippen molar-refractivity contribution >= 4 is 11.8 Å². The summed E-state index contributed by atoms with van der Waals surface area (Å²) >= 11 is 0. The lowest BCUT2D eigenvalue weighted by Gasteiger charge is -2.32. The van der Waals surface area contributed by atoms with E-state index < -0.39 is 0 Å². The summed E-state index contributed by atoms with van der Waals surface area (Å²) in [7, 11) is 0. The SMILES string of the molecule is CC(=O)NCC(=O)N1CCC[C@H](n2cc(-c3nc(-c4ccccc4)no3)nn2)C1. The molecule has 29 heavy (non-hydrogen) atoms. The van der Waals surface area contributed by atoms with E-state index >= 15 is 0 Å². The molecule has 10 nitrogen and oxygen atoms in total. The normalized spacial score (nSPS) is 16.6. The van der Waals surface area contributed by atoms with Crippen LogP contribution in [-0.2, 0) is 9.59 Å². The van der Waals surface area contributed by atoms with Crippen molar-refractivity contribution in [1.82, 2.24) is 35.4 Å². The van der Waals surface area contributed by atoms with Crippen LogP contribution >= 0.6 is 0 Å². The monoisotopic (exact) mass is 395 g/mol.